The van der Waals surface area contributed by atoms with Gasteiger partial charge in [0.05, 0.1) is 0 Å². The van der Waals surface area contributed by atoms with Gasteiger partial charge in [0, 0.05) is 65.5 Å². The predicted molar refractivity (Wildman–Crippen MR) is 108 cm³/mol. The number of hydrogen-bond acceptors (Lipinski definition) is 2. The van der Waals surface area contributed by atoms with Gasteiger partial charge in [-0.05, 0) is 23.3 Å². The van der Waals surface area contributed by atoms with E-state index in [-0.39, 0.29) is 11.1 Å². The summed E-state index contributed by atoms with van der Waals surface area (Å²) in [5.41, 5.74) is 3.22. The zero-order valence-electron chi connectivity index (χ0n) is 16.2. The second-order valence-corrected chi connectivity index (χ2v) is 8.53. The molecule has 26 heavy (non-hydrogen) atoms. The Morgan fingerprint density at radius 2 is 1.04 bits per heavy atom. The van der Waals surface area contributed by atoms with Crippen LogP contribution in [0.2, 0.25) is 0 Å². The molecule has 0 saturated heterocycles. The maximum Gasteiger partial charge on any atom is 0.187 e. The summed E-state index contributed by atoms with van der Waals surface area (Å²) in [5, 5.41) is 24.3. The average molecular weight is 352 g/mol. The molecule has 0 fully saturated rings. The van der Waals surface area contributed by atoms with Gasteiger partial charge in [-0.1, -0.05) is 24.3 Å². The summed E-state index contributed by atoms with van der Waals surface area (Å²) in [6.45, 7) is 7.92. The summed E-state index contributed by atoms with van der Waals surface area (Å²) in [5.74, 6) is 0. The smallest absolute Gasteiger partial charge is 0.187 e. The van der Waals surface area contributed by atoms with E-state index in [1.165, 1.54) is 0 Å². The first-order valence-corrected chi connectivity index (χ1v) is 9.32. The van der Waals surface area contributed by atoms with E-state index in [2.05, 4.69) is 0 Å². The Bertz CT molecular complexity index is 740. The van der Waals surface area contributed by atoms with Crippen molar-refractivity contribution in [2.45, 2.75) is 64.5 Å². The molecule has 0 radical (unpaired) electrons. The second-order valence-electron chi connectivity index (χ2n) is 8.53. The highest BCUT2D eigenvalue weighted by atomic mass is 16.5. The highest BCUT2D eigenvalue weighted by Crippen LogP contribution is 2.25. The highest BCUT2D eigenvalue weighted by molar-refractivity contribution is 5.96. The molecule has 0 saturated carbocycles. The van der Waals surface area contributed by atoms with Crippen molar-refractivity contribution in [1.82, 2.24) is 0 Å². The van der Waals surface area contributed by atoms with Gasteiger partial charge in [-0.2, -0.15) is 0 Å². The van der Waals surface area contributed by atoms with Crippen molar-refractivity contribution in [1.29, 1.82) is 0 Å². The van der Waals surface area contributed by atoms with E-state index < -0.39 is 0 Å². The zero-order chi connectivity index (χ0) is 18.9. The molecule has 1 aromatic rings. The molecular weight excluding hydrogens is 324 g/mol. The lowest BCUT2D eigenvalue weighted by molar-refractivity contribution is -0.530. The van der Waals surface area contributed by atoms with Crippen LogP contribution in [-0.4, -0.2) is 32.0 Å². The van der Waals surface area contributed by atoms with Crippen LogP contribution in [0.1, 0.15) is 64.5 Å². The summed E-state index contributed by atoms with van der Waals surface area (Å²) < 4.78 is 2.27. The summed E-state index contributed by atoms with van der Waals surface area (Å²) >= 11 is 0. The number of nitrogens with zero attached hydrogens (tertiary/aromatic N) is 2. The van der Waals surface area contributed by atoms with E-state index >= 15 is 0 Å². The number of allylic oxidation sites excluding steroid dienone is 2. The molecule has 0 amide bonds. The minimum absolute atomic E-state index is 0.295. The average Bonchev–Trinajstić information content (AvgIpc) is 3.01. The number of rotatable bonds is 4. The van der Waals surface area contributed by atoms with Gasteiger partial charge < -0.3 is 10.4 Å². The molecular formula is C22H28N2O2. The van der Waals surface area contributed by atoms with Crippen LogP contribution in [-0.2, 0) is 0 Å². The molecule has 0 spiro atoms. The Hall–Kier alpha value is -2.36. The van der Waals surface area contributed by atoms with Gasteiger partial charge in [-0.15, -0.1) is 0 Å². The zero-order valence-corrected chi connectivity index (χ0v) is 16.2. The summed E-state index contributed by atoms with van der Waals surface area (Å²) in [6, 6.07) is 8.13. The van der Waals surface area contributed by atoms with E-state index in [1.807, 2.05) is 76.3 Å². The maximum atomic E-state index is 12.2. The molecule has 0 atom stereocenters. The first-order valence-electron chi connectivity index (χ1n) is 9.32. The number of benzene rings is 1. The predicted octanol–water partition coefficient (Wildman–Crippen LogP) is 4.76. The summed E-state index contributed by atoms with van der Waals surface area (Å²) in [6.07, 6.45) is 11.3. The largest absolute Gasteiger partial charge is 0.623 e. The number of hydroxylamine groups is 2. The summed E-state index contributed by atoms with van der Waals surface area (Å²) in [7, 11) is 0. The van der Waals surface area contributed by atoms with Crippen LogP contribution in [0, 0.1) is 10.4 Å². The minimum Gasteiger partial charge on any atom is -0.623 e. The van der Waals surface area contributed by atoms with Crippen molar-refractivity contribution in [2.24, 2.45) is 0 Å². The van der Waals surface area contributed by atoms with Gasteiger partial charge >= 0.3 is 0 Å². The van der Waals surface area contributed by atoms with Crippen molar-refractivity contribution >= 4 is 23.6 Å². The fourth-order valence-electron chi connectivity index (χ4n) is 3.46. The third-order valence-corrected chi connectivity index (χ3v) is 5.48. The van der Waals surface area contributed by atoms with Crippen LogP contribution in [0.25, 0.3) is 12.2 Å². The molecule has 2 aliphatic heterocycles. The van der Waals surface area contributed by atoms with Crippen molar-refractivity contribution < 1.29 is 9.48 Å². The Labute approximate surface area is 156 Å². The monoisotopic (exact) mass is 352 g/mol. The van der Waals surface area contributed by atoms with Crippen LogP contribution in [0.4, 0.5) is 0 Å². The van der Waals surface area contributed by atoms with Gasteiger partial charge in [0.2, 0.25) is 0 Å². The van der Waals surface area contributed by atoms with Gasteiger partial charge in [-0.25, -0.2) is 9.48 Å². The SMILES string of the molecule is CC1(C)CCC(/C=C/c2ccc(/C=C/C3=[N+]([O-])C(C)(C)CC3)cc2)=[N+]1[O-]. The molecule has 2 heterocycles. The molecule has 1 aromatic carbocycles. The quantitative estimate of drug-likeness (QED) is 0.579. The van der Waals surface area contributed by atoms with E-state index in [9.17, 15) is 10.4 Å². The first kappa shape index (κ1) is 18.4. The van der Waals surface area contributed by atoms with Crippen molar-refractivity contribution in [3.05, 3.63) is 58.0 Å². The standard InChI is InChI=1S/C22H28N2O2/c1-21(2)15-13-19(23(21)25)11-9-17-5-7-18(8-6-17)10-12-20-14-16-22(3,4)24(20)26/h5-12H,13-16H2,1-4H3/b11-9+,12-10+. The lowest BCUT2D eigenvalue weighted by Crippen LogP contribution is -2.28. The van der Waals surface area contributed by atoms with Crippen molar-refractivity contribution in [3.63, 3.8) is 0 Å². The van der Waals surface area contributed by atoms with Crippen molar-refractivity contribution in [2.75, 3.05) is 0 Å². The molecule has 4 heteroatoms. The van der Waals surface area contributed by atoms with Crippen LogP contribution in [0.3, 0.4) is 0 Å². The number of hydrogen-bond donors (Lipinski definition) is 0. The van der Waals surface area contributed by atoms with E-state index in [0.717, 1.165) is 57.7 Å². The normalized spacial score (nSPS) is 22.3. The Balaban J connectivity index is 1.68. The Morgan fingerprint density at radius 1 is 0.692 bits per heavy atom. The molecule has 0 N–H and O–H groups in total. The molecule has 0 unspecified atom stereocenters. The maximum absolute atomic E-state index is 12.2. The fourth-order valence-corrected chi connectivity index (χ4v) is 3.46. The lowest BCUT2D eigenvalue weighted by Gasteiger charge is -2.17. The van der Waals surface area contributed by atoms with Gasteiger partial charge in [0.15, 0.2) is 22.5 Å². The van der Waals surface area contributed by atoms with Crippen molar-refractivity contribution in [3.8, 4) is 0 Å². The van der Waals surface area contributed by atoms with Crippen LogP contribution < -0.4 is 0 Å². The molecule has 2 aliphatic rings. The molecule has 4 nitrogen and oxygen atoms in total. The van der Waals surface area contributed by atoms with Crippen LogP contribution in [0.15, 0.2) is 36.4 Å². The lowest BCUT2D eigenvalue weighted by atomic mass is 10.0. The van der Waals surface area contributed by atoms with Crippen LogP contribution in [0.5, 0.6) is 0 Å². The van der Waals surface area contributed by atoms with Gasteiger partial charge in [0.1, 0.15) is 0 Å². The van der Waals surface area contributed by atoms with Crippen LogP contribution >= 0.6 is 0 Å². The fraction of sp³-hybridized carbons (Fsp3) is 0.455. The molecule has 0 aliphatic carbocycles. The minimum atomic E-state index is -0.295. The molecule has 0 aromatic heterocycles. The Morgan fingerprint density at radius 3 is 1.31 bits per heavy atom. The van der Waals surface area contributed by atoms with E-state index in [0.29, 0.717) is 0 Å². The third-order valence-electron chi connectivity index (χ3n) is 5.48. The molecule has 0 bridgehead atoms. The first-order chi connectivity index (χ1) is 12.2. The highest BCUT2D eigenvalue weighted by Gasteiger charge is 2.36. The topological polar surface area (TPSA) is 52.1 Å². The Kier molecular flexibility index (Phi) is 4.78. The molecule has 3 rings (SSSR count). The molecule has 138 valence electrons. The second kappa shape index (κ2) is 6.75. The van der Waals surface area contributed by atoms with Gasteiger partial charge in [-0.3, -0.25) is 0 Å². The summed E-state index contributed by atoms with van der Waals surface area (Å²) in [4.78, 5) is 0. The third kappa shape index (κ3) is 3.74. The van der Waals surface area contributed by atoms with E-state index in [4.69, 9.17) is 0 Å². The van der Waals surface area contributed by atoms with E-state index in [1.54, 1.807) is 0 Å². The van der Waals surface area contributed by atoms with Gasteiger partial charge in [0.25, 0.3) is 0 Å².